The Balaban J connectivity index is 1.67. The number of nitro groups is 1. The van der Waals surface area contributed by atoms with Gasteiger partial charge in [0.25, 0.3) is 5.69 Å². The lowest BCUT2D eigenvalue weighted by Gasteiger charge is -2.09. The number of amides is 1. The number of thiazole rings is 1. The van der Waals surface area contributed by atoms with Crippen LogP contribution in [0.2, 0.25) is 0 Å². The predicted molar refractivity (Wildman–Crippen MR) is 105 cm³/mol. The zero-order valence-electron chi connectivity index (χ0n) is 14.4. The summed E-state index contributed by atoms with van der Waals surface area (Å²) >= 11 is 2.60. The largest absolute Gasteiger partial charge is 0.301 e. The van der Waals surface area contributed by atoms with Crippen LogP contribution in [-0.4, -0.2) is 31.0 Å². The van der Waals surface area contributed by atoms with Crippen LogP contribution in [0, 0.1) is 17.0 Å². The topological polar surface area (TPSA) is 111 Å². The van der Waals surface area contributed by atoms with E-state index in [0.29, 0.717) is 16.4 Å². The van der Waals surface area contributed by atoms with Crippen LogP contribution in [0.1, 0.15) is 12.6 Å². The van der Waals surface area contributed by atoms with Gasteiger partial charge in [0.15, 0.2) is 5.13 Å². The van der Waals surface area contributed by atoms with Crippen molar-refractivity contribution in [1.29, 1.82) is 0 Å². The third-order valence-electron chi connectivity index (χ3n) is 3.53. The highest BCUT2D eigenvalue weighted by molar-refractivity contribution is 8.00. The van der Waals surface area contributed by atoms with Crippen molar-refractivity contribution in [3.8, 4) is 11.3 Å². The molecule has 1 N–H and O–H groups in total. The van der Waals surface area contributed by atoms with Crippen LogP contribution in [0.4, 0.5) is 10.8 Å². The first kappa shape index (κ1) is 18.9. The van der Waals surface area contributed by atoms with Gasteiger partial charge in [-0.05, 0) is 19.9 Å². The monoisotopic (exact) mass is 401 g/mol. The van der Waals surface area contributed by atoms with Gasteiger partial charge in [-0.25, -0.2) is 15.0 Å². The molecular weight excluding hydrogens is 386 g/mol. The van der Waals surface area contributed by atoms with E-state index in [1.807, 2.05) is 13.0 Å². The van der Waals surface area contributed by atoms with Crippen LogP contribution in [0.5, 0.6) is 0 Å². The van der Waals surface area contributed by atoms with E-state index in [2.05, 4.69) is 20.3 Å². The van der Waals surface area contributed by atoms with Gasteiger partial charge in [-0.3, -0.25) is 14.9 Å². The summed E-state index contributed by atoms with van der Waals surface area (Å²) in [6, 6.07) is 8.04. The number of hydrogen-bond acceptors (Lipinski definition) is 8. The lowest BCUT2D eigenvalue weighted by Crippen LogP contribution is -2.22. The van der Waals surface area contributed by atoms with Crippen molar-refractivity contribution in [2.45, 2.75) is 24.1 Å². The number of rotatable bonds is 6. The molecule has 0 radical (unpaired) electrons. The van der Waals surface area contributed by atoms with Gasteiger partial charge in [-0.2, -0.15) is 0 Å². The Bertz CT molecular complexity index is 992. The number of carbonyl (C=O) groups excluding carboxylic acids is 1. The number of nitrogens with one attached hydrogen (secondary N) is 1. The minimum Gasteiger partial charge on any atom is -0.301 e. The number of hydrogen-bond donors (Lipinski definition) is 1. The number of carbonyl (C=O) groups is 1. The number of aryl methyl sites for hydroxylation is 1. The number of benzene rings is 1. The van der Waals surface area contributed by atoms with Crippen LogP contribution < -0.4 is 5.32 Å². The number of aromatic nitrogens is 3. The summed E-state index contributed by atoms with van der Waals surface area (Å²) in [5.41, 5.74) is 2.03. The standard InChI is InChI=1S/C17H15N5O3S2/c1-10-6-15(19-9-18-10)27-11(2)16(23)21-17-20-14(8-26-17)12-4-3-5-13(7-12)22(24)25/h3-9,11H,1-2H3,(H,20,21,23). The Morgan fingerprint density at radius 3 is 2.89 bits per heavy atom. The second-order valence-electron chi connectivity index (χ2n) is 5.59. The Kier molecular flexibility index (Phi) is 5.77. The first-order valence-electron chi connectivity index (χ1n) is 7.89. The third kappa shape index (κ3) is 4.86. The maximum Gasteiger partial charge on any atom is 0.270 e. The molecule has 27 heavy (non-hydrogen) atoms. The molecule has 0 saturated heterocycles. The molecular formula is C17H15N5O3S2. The fourth-order valence-electron chi connectivity index (χ4n) is 2.18. The van der Waals surface area contributed by atoms with Crippen molar-refractivity contribution < 1.29 is 9.72 Å². The van der Waals surface area contributed by atoms with E-state index in [0.717, 1.165) is 10.7 Å². The van der Waals surface area contributed by atoms with E-state index in [4.69, 9.17) is 0 Å². The SMILES string of the molecule is Cc1cc(SC(C)C(=O)Nc2nc(-c3cccc([N+](=O)[O-])c3)cs2)ncn1. The van der Waals surface area contributed by atoms with Gasteiger partial charge >= 0.3 is 0 Å². The van der Waals surface area contributed by atoms with Crippen LogP contribution in [0.15, 0.2) is 47.1 Å². The quantitative estimate of drug-likeness (QED) is 0.288. The molecule has 0 aliphatic carbocycles. The molecule has 8 nitrogen and oxygen atoms in total. The minimum atomic E-state index is -0.452. The lowest BCUT2D eigenvalue weighted by molar-refractivity contribution is -0.384. The van der Waals surface area contributed by atoms with Crippen LogP contribution in [-0.2, 0) is 4.79 Å². The molecule has 1 aromatic carbocycles. The number of non-ortho nitro benzene ring substituents is 1. The van der Waals surface area contributed by atoms with Crippen molar-refractivity contribution in [1.82, 2.24) is 15.0 Å². The summed E-state index contributed by atoms with van der Waals surface area (Å²) in [5, 5.41) is 16.2. The molecule has 1 amide bonds. The summed E-state index contributed by atoms with van der Waals surface area (Å²) in [6.45, 7) is 3.65. The van der Waals surface area contributed by atoms with Gasteiger partial charge in [-0.15, -0.1) is 11.3 Å². The van der Waals surface area contributed by atoms with E-state index in [9.17, 15) is 14.9 Å². The summed E-state index contributed by atoms with van der Waals surface area (Å²) in [6.07, 6.45) is 1.47. The molecule has 3 aromatic rings. The van der Waals surface area contributed by atoms with Crippen molar-refractivity contribution in [2.75, 3.05) is 5.32 Å². The first-order valence-corrected chi connectivity index (χ1v) is 9.65. The molecule has 2 aromatic heterocycles. The average molecular weight is 401 g/mol. The summed E-state index contributed by atoms with van der Waals surface area (Å²) < 4.78 is 0. The molecule has 0 fully saturated rings. The molecule has 0 spiro atoms. The summed E-state index contributed by atoms with van der Waals surface area (Å²) in [5.74, 6) is -0.198. The highest BCUT2D eigenvalue weighted by atomic mass is 32.2. The Morgan fingerprint density at radius 1 is 1.33 bits per heavy atom. The molecule has 0 aliphatic rings. The molecule has 1 atom stereocenters. The summed E-state index contributed by atoms with van der Waals surface area (Å²) in [7, 11) is 0. The van der Waals surface area contributed by atoms with Crippen molar-refractivity contribution in [3.63, 3.8) is 0 Å². The Labute approximate surface area is 163 Å². The second kappa shape index (κ2) is 8.23. The predicted octanol–water partition coefficient (Wildman–Crippen LogP) is 3.94. The van der Waals surface area contributed by atoms with E-state index < -0.39 is 4.92 Å². The number of nitrogens with zero attached hydrogens (tertiary/aromatic N) is 4. The van der Waals surface area contributed by atoms with Gasteiger partial charge in [0.2, 0.25) is 5.91 Å². The molecule has 1 unspecified atom stereocenters. The highest BCUT2D eigenvalue weighted by Gasteiger charge is 2.17. The van der Waals surface area contributed by atoms with Crippen molar-refractivity contribution >= 4 is 39.8 Å². The van der Waals surface area contributed by atoms with Gasteiger partial charge in [0.1, 0.15) is 11.4 Å². The van der Waals surface area contributed by atoms with E-state index in [1.54, 1.807) is 24.4 Å². The lowest BCUT2D eigenvalue weighted by atomic mass is 10.1. The maximum atomic E-state index is 12.4. The fourth-order valence-corrected chi connectivity index (χ4v) is 3.78. The van der Waals surface area contributed by atoms with Crippen molar-refractivity contribution in [3.05, 3.63) is 57.8 Å². The minimum absolute atomic E-state index is 0.00347. The van der Waals surface area contributed by atoms with Crippen LogP contribution in [0.25, 0.3) is 11.3 Å². The molecule has 0 bridgehead atoms. The van der Waals surface area contributed by atoms with Gasteiger partial charge < -0.3 is 5.32 Å². The molecule has 2 heterocycles. The third-order valence-corrected chi connectivity index (χ3v) is 5.32. The number of anilines is 1. The smallest absolute Gasteiger partial charge is 0.270 e. The molecule has 10 heteroatoms. The van der Waals surface area contributed by atoms with Gasteiger partial charge in [0.05, 0.1) is 15.9 Å². The number of thioether (sulfide) groups is 1. The Morgan fingerprint density at radius 2 is 2.15 bits per heavy atom. The highest BCUT2D eigenvalue weighted by Crippen LogP contribution is 2.28. The van der Waals surface area contributed by atoms with Gasteiger partial charge in [-0.1, -0.05) is 23.9 Å². The molecule has 3 rings (SSSR count). The van der Waals surface area contributed by atoms with E-state index in [-0.39, 0.29) is 16.8 Å². The van der Waals surface area contributed by atoms with E-state index in [1.165, 1.54) is 41.6 Å². The van der Waals surface area contributed by atoms with Crippen LogP contribution >= 0.6 is 23.1 Å². The molecule has 0 aliphatic heterocycles. The van der Waals surface area contributed by atoms with E-state index >= 15 is 0 Å². The fraction of sp³-hybridized carbons (Fsp3) is 0.176. The molecule has 138 valence electrons. The first-order chi connectivity index (χ1) is 12.9. The zero-order valence-corrected chi connectivity index (χ0v) is 16.1. The summed E-state index contributed by atoms with van der Waals surface area (Å²) in [4.78, 5) is 35.4. The average Bonchev–Trinajstić information content (AvgIpc) is 3.10. The normalized spacial score (nSPS) is 11.8. The van der Waals surface area contributed by atoms with Crippen LogP contribution in [0.3, 0.4) is 0 Å². The van der Waals surface area contributed by atoms with Gasteiger partial charge in [0, 0.05) is 28.8 Å². The Hall–Kier alpha value is -2.85. The second-order valence-corrected chi connectivity index (χ2v) is 7.81. The zero-order chi connectivity index (χ0) is 19.4. The van der Waals surface area contributed by atoms with Crippen molar-refractivity contribution in [2.24, 2.45) is 0 Å². The molecule has 0 saturated carbocycles. The number of nitro benzene ring substituents is 1. The maximum absolute atomic E-state index is 12.4.